The quantitative estimate of drug-likeness (QED) is 0.0274. The summed E-state index contributed by atoms with van der Waals surface area (Å²) in [4.78, 5) is 10.6. The minimum absolute atomic E-state index is 0. The Morgan fingerprint density at radius 3 is 1.27 bits per heavy atom. The Hall–Kier alpha value is -2.43. The molecule has 0 fully saturated rings. The van der Waals surface area contributed by atoms with Crippen molar-refractivity contribution < 1.29 is 16.5 Å². The van der Waals surface area contributed by atoms with Gasteiger partial charge in [-0.15, -0.1) is 0 Å². The van der Waals surface area contributed by atoms with Crippen LogP contribution in [0.5, 0.6) is 0 Å². The van der Waals surface area contributed by atoms with E-state index in [0.29, 0.717) is 0 Å². The Bertz CT molecular complexity index is 1540. The molecule has 376 valence electrons. The van der Waals surface area contributed by atoms with E-state index in [-0.39, 0.29) is 16.5 Å². The Morgan fingerprint density at radius 1 is 0.409 bits per heavy atom. The van der Waals surface area contributed by atoms with Gasteiger partial charge in [-0.25, -0.2) is 9.98 Å². The van der Waals surface area contributed by atoms with Crippen LogP contribution in [0.4, 0.5) is 11.4 Å². The molecule has 2 aromatic carbocycles. The van der Waals surface area contributed by atoms with Gasteiger partial charge in [0, 0.05) is 22.9 Å². The van der Waals surface area contributed by atoms with Gasteiger partial charge in [0.2, 0.25) is 0 Å². The van der Waals surface area contributed by atoms with Gasteiger partial charge in [0.1, 0.15) is 5.71 Å². The summed E-state index contributed by atoms with van der Waals surface area (Å²) in [6.45, 7) is 11.4. The second-order valence-electron chi connectivity index (χ2n) is 19.7. The number of rotatable bonds is 43. The fourth-order valence-corrected chi connectivity index (χ4v) is 9.22. The smallest absolute Gasteiger partial charge is 0.139 e. The third-order valence-electron chi connectivity index (χ3n) is 13.3. The van der Waals surface area contributed by atoms with Gasteiger partial charge >= 0.3 is 0 Å². The number of unbranched alkanes of at least 4 members (excludes halogenated alkanes) is 32. The predicted octanol–water partition coefficient (Wildman–Crippen LogP) is 21.2. The number of benzene rings is 2. The summed E-state index contributed by atoms with van der Waals surface area (Å²) in [7, 11) is 0. The first-order chi connectivity index (χ1) is 32.1. The molecule has 0 saturated carbocycles. The molecule has 0 aliphatic carbocycles. The van der Waals surface area contributed by atoms with Crippen molar-refractivity contribution in [1.82, 2.24) is 0 Å². The largest absolute Gasteiger partial charge is 0.246 e. The molecule has 3 heteroatoms. The third kappa shape index (κ3) is 34.0. The van der Waals surface area contributed by atoms with Gasteiger partial charge < -0.3 is 0 Å². The van der Waals surface area contributed by atoms with E-state index in [1.807, 2.05) is 0 Å². The first-order valence-corrected chi connectivity index (χ1v) is 28.7. The van der Waals surface area contributed by atoms with Crippen LogP contribution in [0, 0.1) is 11.8 Å². The summed E-state index contributed by atoms with van der Waals surface area (Å²) >= 11 is 0. The van der Waals surface area contributed by atoms with Gasteiger partial charge in [-0.2, -0.15) is 0 Å². The zero-order valence-corrected chi connectivity index (χ0v) is 45.2. The summed E-state index contributed by atoms with van der Waals surface area (Å²) in [5.41, 5.74) is 7.92. The topological polar surface area (TPSA) is 24.7 Å². The fourth-order valence-electron chi connectivity index (χ4n) is 9.22. The van der Waals surface area contributed by atoms with E-state index in [2.05, 4.69) is 101 Å². The molecule has 2 rings (SSSR count). The van der Waals surface area contributed by atoms with Crippen LogP contribution in [0.1, 0.15) is 289 Å². The van der Waals surface area contributed by atoms with Crippen LogP contribution >= 0.6 is 0 Å². The predicted molar refractivity (Wildman–Crippen MR) is 294 cm³/mol. The summed E-state index contributed by atoms with van der Waals surface area (Å²) in [5.74, 6) is 7.18. The van der Waals surface area contributed by atoms with E-state index >= 15 is 0 Å². The maximum atomic E-state index is 5.32. The molecule has 0 aliphatic heterocycles. The number of aliphatic imine (C=N–C) groups is 2. The van der Waals surface area contributed by atoms with Crippen molar-refractivity contribution in [3.63, 3.8) is 0 Å². The van der Waals surface area contributed by atoms with Gasteiger partial charge in [0.25, 0.3) is 0 Å². The van der Waals surface area contributed by atoms with Crippen molar-refractivity contribution in [3.05, 3.63) is 71.3 Å². The van der Waals surface area contributed by atoms with Crippen LogP contribution in [0.25, 0.3) is 0 Å². The van der Waals surface area contributed by atoms with Crippen molar-refractivity contribution in [3.8, 4) is 11.8 Å². The van der Waals surface area contributed by atoms with Crippen LogP contribution < -0.4 is 0 Å². The Kier molecular flexibility index (Phi) is 43.2. The van der Waals surface area contributed by atoms with E-state index in [1.165, 1.54) is 216 Å². The number of nitrogens with zero attached hydrogens (tertiary/aromatic N) is 2. The van der Waals surface area contributed by atoms with Crippen molar-refractivity contribution in [2.24, 2.45) is 9.98 Å². The van der Waals surface area contributed by atoms with E-state index < -0.39 is 0 Å². The van der Waals surface area contributed by atoms with Gasteiger partial charge in [-0.1, -0.05) is 277 Å². The number of aryl methyl sites for hydroxylation is 3. The second kappa shape index (κ2) is 46.3. The Morgan fingerprint density at radius 2 is 0.818 bits per heavy atom. The zero-order valence-electron chi connectivity index (χ0n) is 44.2. The molecule has 0 spiro atoms. The van der Waals surface area contributed by atoms with Crippen molar-refractivity contribution in [2.75, 3.05) is 0 Å². The van der Waals surface area contributed by atoms with E-state index in [1.54, 1.807) is 0 Å². The SMILES string of the molecule is CCCCCCCCCCCCCCCCCC=CC(=Nc1ccc(CCC)cc1)C(C#CCCCCCCCCCCCCCCCCCCC)=Nc1ccc(CCC)c(CCC)c1.[Ni]. The molecule has 0 aliphatic rings. The maximum Gasteiger partial charge on any atom is 0.139 e. The molecule has 2 nitrogen and oxygen atoms in total. The van der Waals surface area contributed by atoms with E-state index in [0.717, 1.165) is 80.6 Å². The maximum absolute atomic E-state index is 5.32. The molecule has 2 aromatic rings. The molecular weight excluding hydrogens is 843 g/mol. The van der Waals surface area contributed by atoms with E-state index in [4.69, 9.17) is 9.98 Å². The summed E-state index contributed by atoms with van der Waals surface area (Å²) in [6, 6.07) is 15.7. The molecule has 0 bridgehead atoms. The molecule has 0 radical (unpaired) electrons. The van der Waals surface area contributed by atoms with Crippen LogP contribution in [0.3, 0.4) is 0 Å². The standard InChI is InChI=1S/C63H104N2.Ni/c1-6-11-13-15-17-19-21-23-25-27-28-30-32-34-36-38-40-42-44-49-63(65-61-55-52-58(46-9-4)59(56-61)47-10-5)62(64-60-53-50-57(45-8-3)51-54-60)48-43-41-39-37-35-33-31-29-26-24-22-20-18-16-14-12-7-2;/h43,48,50-56H,6-42,45-47H2,1-5H3;. The molecule has 0 aromatic heterocycles. The zero-order chi connectivity index (χ0) is 46.5. The van der Waals surface area contributed by atoms with Gasteiger partial charge in [0.15, 0.2) is 0 Å². The minimum atomic E-state index is 0. The first-order valence-electron chi connectivity index (χ1n) is 28.7. The average molecular weight is 948 g/mol. The summed E-state index contributed by atoms with van der Waals surface area (Å²) < 4.78 is 0. The molecule has 0 amide bonds. The summed E-state index contributed by atoms with van der Waals surface area (Å²) in [6.07, 6.45) is 57.9. The van der Waals surface area contributed by atoms with E-state index in [9.17, 15) is 0 Å². The second-order valence-corrected chi connectivity index (χ2v) is 19.7. The molecular formula is C63H104N2Ni. The van der Waals surface area contributed by atoms with Crippen LogP contribution in [0.15, 0.2) is 64.6 Å². The first kappa shape index (κ1) is 61.6. The third-order valence-corrected chi connectivity index (χ3v) is 13.3. The Balaban J connectivity index is 0.0000218. The molecule has 0 saturated heterocycles. The van der Waals surface area contributed by atoms with Crippen LogP contribution in [0.2, 0.25) is 0 Å². The normalized spacial score (nSPS) is 11.9. The van der Waals surface area contributed by atoms with Crippen LogP contribution in [-0.4, -0.2) is 11.4 Å². The molecule has 0 unspecified atom stereocenters. The monoisotopic (exact) mass is 947 g/mol. The van der Waals surface area contributed by atoms with Gasteiger partial charge in [-0.3, -0.25) is 0 Å². The fraction of sp³-hybridized carbons (Fsp3) is 0.714. The minimum Gasteiger partial charge on any atom is -0.246 e. The van der Waals surface area contributed by atoms with Crippen molar-refractivity contribution >= 4 is 22.8 Å². The average Bonchev–Trinajstić information content (AvgIpc) is 3.31. The molecule has 66 heavy (non-hydrogen) atoms. The van der Waals surface area contributed by atoms with Gasteiger partial charge in [-0.05, 0) is 91.5 Å². The number of hydrogen-bond acceptors (Lipinski definition) is 2. The Labute approximate surface area is 421 Å². The van der Waals surface area contributed by atoms with Crippen molar-refractivity contribution in [1.29, 1.82) is 0 Å². The molecule has 0 heterocycles. The molecule has 0 atom stereocenters. The summed E-state index contributed by atoms with van der Waals surface area (Å²) in [5, 5.41) is 0. The van der Waals surface area contributed by atoms with Crippen LogP contribution in [-0.2, 0) is 35.8 Å². The molecule has 0 N–H and O–H groups in total. The number of hydrogen-bond donors (Lipinski definition) is 0. The number of allylic oxidation sites excluding steroid dienone is 2. The van der Waals surface area contributed by atoms with Crippen molar-refractivity contribution in [2.45, 2.75) is 291 Å². The van der Waals surface area contributed by atoms with Gasteiger partial charge in [0.05, 0.1) is 17.1 Å².